The van der Waals surface area contributed by atoms with Crippen LogP contribution in [0, 0.1) is 11.3 Å². The van der Waals surface area contributed by atoms with E-state index in [1.165, 1.54) is 11.3 Å². The zero-order valence-corrected chi connectivity index (χ0v) is 15.3. The van der Waals surface area contributed by atoms with E-state index in [1.54, 1.807) is 6.07 Å². The van der Waals surface area contributed by atoms with Crippen LogP contribution in [0.5, 0.6) is 0 Å². The lowest BCUT2D eigenvalue weighted by atomic mass is 9.82. The van der Waals surface area contributed by atoms with E-state index in [4.69, 9.17) is 0 Å². The highest BCUT2D eigenvalue weighted by molar-refractivity contribution is 7.91. The van der Waals surface area contributed by atoms with Crippen LogP contribution in [0.3, 0.4) is 0 Å². The molecule has 0 radical (unpaired) electrons. The maximum absolute atomic E-state index is 12.3. The van der Waals surface area contributed by atoms with Crippen molar-refractivity contribution in [2.24, 2.45) is 11.3 Å². The minimum absolute atomic E-state index is 0.0905. The standard InChI is InChI=1S/C15H28N2O2S2/c1-6-9-16-11-13-7-8-14(20-13)21(18,19)17-10-12(2)15(3,4)5/h7-8,12,16-17H,6,9-11H2,1-5H3. The lowest BCUT2D eigenvalue weighted by Crippen LogP contribution is -2.33. The Hall–Kier alpha value is -0.430. The molecule has 1 atom stereocenters. The molecular weight excluding hydrogens is 304 g/mol. The number of sulfonamides is 1. The Morgan fingerprint density at radius 2 is 1.95 bits per heavy atom. The van der Waals surface area contributed by atoms with Crippen LogP contribution in [0.1, 0.15) is 45.9 Å². The molecular formula is C15H28N2O2S2. The predicted octanol–water partition coefficient (Wildman–Crippen LogP) is 3.21. The molecule has 21 heavy (non-hydrogen) atoms. The Morgan fingerprint density at radius 3 is 2.52 bits per heavy atom. The topological polar surface area (TPSA) is 58.2 Å². The highest BCUT2D eigenvalue weighted by Crippen LogP contribution is 2.26. The van der Waals surface area contributed by atoms with Crippen molar-refractivity contribution in [1.29, 1.82) is 0 Å². The summed E-state index contributed by atoms with van der Waals surface area (Å²) in [7, 11) is -3.38. The van der Waals surface area contributed by atoms with Crippen molar-refractivity contribution in [3.8, 4) is 0 Å². The molecule has 0 saturated carbocycles. The van der Waals surface area contributed by atoms with Gasteiger partial charge in [-0.2, -0.15) is 0 Å². The molecule has 1 heterocycles. The number of hydrogen-bond acceptors (Lipinski definition) is 4. The van der Waals surface area contributed by atoms with Gasteiger partial charge >= 0.3 is 0 Å². The average molecular weight is 333 g/mol. The van der Waals surface area contributed by atoms with Crippen molar-refractivity contribution < 1.29 is 8.42 Å². The van der Waals surface area contributed by atoms with Crippen molar-refractivity contribution in [3.05, 3.63) is 17.0 Å². The van der Waals surface area contributed by atoms with E-state index in [9.17, 15) is 8.42 Å². The molecule has 0 aliphatic carbocycles. The minimum atomic E-state index is -3.38. The maximum atomic E-state index is 12.3. The van der Waals surface area contributed by atoms with E-state index in [0.717, 1.165) is 24.4 Å². The summed E-state index contributed by atoms with van der Waals surface area (Å²) in [6.45, 7) is 12.7. The number of nitrogens with one attached hydrogen (secondary N) is 2. The van der Waals surface area contributed by atoms with Gasteiger partial charge in [0.1, 0.15) is 4.21 Å². The van der Waals surface area contributed by atoms with Gasteiger partial charge < -0.3 is 5.32 Å². The molecule has 0 saturated heterocycles. The van der Waals surface area contributed by atoms with Crippen molar-refractivity contribution in [2.75, 3.05) is 13.1 Å². The third-order valence-electron chi connectivity index (χ3n) is 3.69. The largest absolute Gasteiger partial charge is 0.312 e. The first-order chi connectivity index (χ1) is 9.66. The van der Waals surface area contributed by atoms with Crippen molar-refractivity contribution in [1.82, 2.24) is 10.0 Å². The third-order valence-corrected chi connectivity index (χ3v) is 6.69. The summed E-state index contributed by atoms with van der Waals surface area (Å²) in [4.78, 5) is 1.05. The predicted molar refractivity (Wildman–Crippen MR) is 90.1 cm³/mol. The van der Waals surface area contributed by atoms with Gasteiger partial charge in [-0.25, -0.2) is 13.1 Å². The van der Waals surface area contributed by atoms with Crippen LogP contribution in [0.4, 0.5) is 0 Å². The minimum Gasteiger partial charge on any atom is -0.312 e. The van der Waals surface area contributed by atoms with Crippen molar-refractivity contribution in [2.45, 2.75) is 51.8 Å². The summed E-state index contributed by atoms with van der Waals surface area (Å²) < 4.78 is 27.7. The highest BCUT2D eigenvalue weighted by atomic mass is 32.2. The molecule has 1 unspecified atom stereocenters. The van der Waals surface area contributed by atoms with Crippen LogP contribution in [-0.2, 0) is 16.6 Å². The molecule has 1 aromatic rings. The summed E-state index contributed by atoms with van der Waals surface area (Å²) in [5.41, 5.74) is 0.0905. The van der Waals surface area contributed by atoms with Gasteiger partial charge in [0.15, 0.2) is 0 Å². The summed E-state index contributed by atoms with van der Waals surface area (Å²) in [5.74, 6) is 0.276. The molecule has 0 fully saturated rings. The van der Waals surface area contributed by atoms with Crippen LogP contribution in [0.25, 0.3) is 0 Å². The zero-order valence-electron chi connectivity index (χ0n) is 13.7. The molecule has 1 rings (SSSR count). The SMILES string of the molecule is CCCNCc1ccc(S(=O)(=O)NCC(C)C(C)(C)C)s1. The number of thiophene rings is 1. The van der Waals surface area contributed by atoms with E-state index in [1.807, 2.05) is 6.07 Å². The van der Waals surface area contributed by atoms with Crippen LogP contribution in [0.15, 0.2) is 16.3 Å². The molecule has 0 aromatic carbocycles. The van der Waals surface area contributed by atoms with Gasteiger partial charge in [-0.3, -0.25) is 0 Å². The maximum Gasteiger partial charge on any atom is 0.250 e. The summed E-state index contributed by atoms with van der Waals surface area (Å²) in [5, 5.41) is 3.28. The second-order valence-corrected chi connectivity index (χ2v) is 9.68. The van der Waals surface area contributed by atoms with Crippen LogP contribution in [0.2, 0.25) is 0 Å². The van der Waals surface area contributed by atoms with E-state index in [2.05, 4.69) is 44.7 Å². The molecule has 122 valence electrons. The molecule has 0 aliphatic heterocycles. The highest BCUT2D eigenvalue weighted by Gasteiger charge is 2.23. The number of hydrogen-bond donors (Lipinski definition) is 2. The molecule has 6 heteroatoms. The Bertz CT molecular complexity index is 530. The number of rotatable bonds is 8. The average Bonchev–Trinajstić information content (AvgIpc) is 2.85. The molecule has 4 nitrogen and oxygen atoms in total. The van der Waals surface area contributed by atoms with Gasteiger partial charge in [-0.05, 0) is 36.4 Å². The molecule has 2 N–H and O–H groups in total. The molecule has 0 amide bonds. The summed E-state index contributed by atoms with van der Waals surface area (Å²) in [6, 6.07) is 3.58. The van der Waals surface area contributed by atoms with E-state index in [-0.39, 0.29) is 11.3 Å². The zero-order chi connectivity index (χ0) is 16.1. The first-order valence-corrected chi connectivity index (χ1v) is 9.76. The van der Waals surface area contributed by atoms with Crippen LogP contribution < -0.4 is 10.0 Å². The van der Waals surface area contributed by atoms with E-state index in [0.29, 0.717) is 10.8 Å². The van der Waals surface area contributed by atoms with Crippen molar-refractivity contribution in [3.63, 3.8) is 0 Å². The fourth-order valence-electron chi connectivity index (χ4n) is 1.60. The lowest BCUT2D eigenvalue weighted by molar-refractivity contribution is 0.263. The van der Waals surface area contributed by atoms with Crippen LogP contribution >= 0.6 is 11.3 Å². The van der Waals surface area contributed by atoms with Gasteiger partial charge in [0.25, 0.3) is 0 Å². The summed E-state index contributed by atoms with van der Waals surface area (Å²) >= 11 is 1.34. The third kappa shape index (κ3) is 6.06. The lowest BCUT2D eigenvalue weighted by Gasteiger charge is -2.27. The Balaban J connectivity index is 2.62. The monoisotopic (exact) mass is 332 g/mol. The molecule has 0 spiro atoms. The van der Waals surface area contributed by atoms with E-state index >= 15 is 0 Å². The first kappa shape index (κ1) is 18.6. The second kappa shape index (κ2) is 7.72. The second-order valence-electron chi connectivity index (χ2n) is 6.52. The first-order valence-electron chi connectivity index (χ1n) is 7.46. The normalized spacial score (nSPS) is 14.3. The van der Waals surface area contributed by atoms with Crippen molar-refractivity contribution >= 4 is 21.4 Å². The summed E-state index contributed by atoms with van der Waals surface area (Å²) in [6.07, 6.45) is 1.07. The quantitative estimate of drug-likeness (QED) is 0.719. The van der Waals surface area contributed by atoms with Gasteiger partial charge in [-0.15, -0.1) is 11.3 Å². The fourth-order valence-corrected chi connectivity index (χ4v) is 4.10. The molecule has 0 aliphatic rings. The van der Waals surface area contributed by atoms with Gasteiger partial charge in [0.2, 0.25) is 10.0 Å². The smallest absolute Gasteiger partial charge is 0.250 e. The fraction of sp³-hybridized carbons (Fsp3) is 0.733. The van der Waals surface area contributed by atoms with Crippen LogP contribution in [-0.4, -0.2) is 21.5 Å². The Kier molecular flexibility index (Phi) is 6.84. The van der Waals surface area contributed by atoms with E-state index < -0.39 is 10.0 Å². The van der Waals surface area contributed by atoms with Gasteiger partial charge in [0, 0.05) is 18.0 Å². The Labute approximate surface area is 133 Å². The van der Waals surface area contributed by atoms with Gasteiger partial charge in [-0.1, -0.05) is 34.6 Å². The van der Waals surface area contributed by atoms with Gasteiger partial charge in [0.05, 0.1) is 0 Å². The molecule has 1 aromatic heterocycles. The Morgan fingerprint density at radius 1 is 1.29 bits per heavy atom. The molecule has 0 bridgehead atoms.